The number of benzene rings is 1. The number of alkyl halides is 1. The third-order valence-electron chi connectivity index (χ3n) is 2.66. The highest BCUT2D eigenvalue weighted by atomic mass is 79.9. The average molecular weight is 279 g/mol. The van der Waals surface area contributed by atoms with Gasteiger partial charge >= 0.3 is 0 Å². The van der Waals surface area contributed by atoms with Gasteiger partial charge in [-0.2, -0.15) is 0 Å². The summed E-state index contributed by atoms with van der Waals surface area (Å²) in [5.74, 6) is 1.66. The first-order valence-electron chi connectivity index (χ1n) is 5.50. The van der Waals surface area contributed by atoms with Crippen LogP contribution in [0.1, 0.15) is 11.3 Å². The maximum absolute atomic E-state index is 5.38. The van der Waals surface area contributed by atoms with Crippen LogP contribution in [0.2, 0.25) is 0 Å². The van der Waals surface area contributed by atoms with Crippen LogP contribution in [0.25, 0.3) is 0 Å². The van der Waals surface area contributed by atoms with Gasteiger partial charge in [-0.1, -0.05) is 46.3 Å². The summed E-state index contributed by atoms with van der Waals surface area (Å²) in [4.78, 5) is 0. The number of rotatable bonds is 5. The predicted molar refractivity (Wildman–Crippen MR) is 69.8 cm³/mol. The van der Waals surface area contributed by atoms with E-state index in [1.165, 1.54) is 5.56 Å². The Morgan fingerprint density at radius 3 is 2.44 bits per heavy atom. The van der Waals surface area contributed by atoms with E-state index in [0.717, 1.165) is 23.9 Å². The summed E-state index contributed by atoms with van der Waals surface area (Å²) >= 11 is 3.58. The van der Waals surface area contributed by atoms with Crippen LogP contribution in [0.5, 0.6) is 0 Å². The number of hydrogen-bond donors (Lipinski definition) is 0. The van der Waals surface area contributed by atoms with Crippen LogP contribution in [0.4, 0.5) is 0 Å². The lowest BCUT2D eigenvalue weighted by Gasteiger charge is -2.12. The molecule has 0 spiro atoms. The molecular weight excluding hydrogens is 264 g/mol. The largest absolute Gasteiger partial charge is 0.469 e. The molecule has 84 valence electrons. The highest BCUT2D eigenvalue weighted by Gasteiger charge is 2.10. The minimum atomic E-state index is 0.591. The minimum Gasteiger partial charge on any atom is -0.469 e. The lowest BCUT2D eigenvalue weighted by molar-refractivity contribution is 0.460. The zero-order valence-corrected chi connectivity index (χ0v) is 10.7. The smallest absolute Gasteiger partial charge is 0.104 e. The van der Waals surface area contributed by atoms with Gasteiger partial charge in [0.05, 0.1) is 6.26 Å². The van der Waals surface area contributed by atoms with Gasteiger partial charge < -0.3 is 4.42 Å². The van der Waals surface area contributed by atoms with Crippen LogP contribution in [-0.2, 0) is 12.8 Å². The molecule has 2 heteroatoms. The first-order valence-corrected chi connectivity index (χ1v) is 6.63. The molecule has 2 aromatic rings. The monoisotopic (exact) mass is 278 g/mol. The van der Waals surface area contributed by atoms with Crippen LogP contribution in [0.15, 0.2) is 53.1 Å². The van der Waals surface area contributed by atoms with E-state index in [0.29, 0.717) is 5.92 Å². The van der Waals surface area contributed by atoms with E-state index < -0.39 is 0 Å². The minimum absolute atomic E-state index is 0.591. The van der Waals surface area contributed by atoms with Gasteiger partial charge in [0.2, 0.25) is 0 Å². The average Bonchev–Trinajstić information content (AvgIpc) is 2.82. The molecule has 1 unspecified atom stereocenters. The molecule has 0 bridgehead atoms. The summed E-state index contributed by atoms with van der Waals surface area (Å²) in [6, 6.07) is 14.6. The van der Waals surface area contributed by atoms with Crippen molar-refractivity contribution in [1.29, 1.82) is 0 Å². The lowest BCUT2D eigenvalue weighted by atomic mass is 9.97. The second kappa shape index (κ2) is 5.90. The van der Waals surface area contributed by atoms with Gasteiger partial charge in [0.15, 0.2) is 0 Å². The van der Waals surface area contributed by atoms with Crippen molar-refractivity contribution in [3.63, 3.8) is 0 Å². The molecule has 0 saturated carbocycles. The lowest BCUT2D eigenvalue weighted by Crippen LogP contribution is -2.09. The van der Waals surface area contributed by atoms with Crippen molar-refractivity contribution in [3.8, 4) is 0 Å². The molecule has 1 aromatic carbocycles. The fraction of sp³-hybridized carbons (Fsp3) is 0.286. The molecule has 16 heavy (non-hydrogen) atoms. The zero-order chi connectivity index (χ0) is 11.2. The van der Waals surface area contributed by atoms with Gasteiger partial charge in [-0.3, -0.25) is 0 Å². The van der Waals surface area contributed by atoms with Gasteiger partial charge in [0.1, 0.15) is 5.76 Å². The molecule has 0 aliphatic rings. The van der Waals surface area contributed by atoms with Crippen molar-refractivity contribution in [2.24, 2.45) is 5.92 Å². The molecule has 1 atom stereocenters. The highest BCUT2D eigenvalue weighted by molar-refractivity contribution is 9.09. The maximum atomic E-state index is 5.38. The Morgan fingerprint density at radius 1 is 1.00 bits per heavy atom. The first kappa shape index (κ1) is 11.5. The molecule has 1 heterocycles. The van der Waals surface area contributed by atoms with E-state index in [9.17, 15) is 0 Å². The third kappa shape index (κ3) is 3.24. The van der Waals surface area contributed by atoms with Crippen molar-refractivity contribution in [3.05, 3.63) is 60.1 Å². The molecular formula is C14H15BrO. The van der Waals surface area contributed by atoms with Crippen molar-refractivity contribution in [2.45, 2.75) is 12.8 Å². The van der Waals surface area contributed by atoms with Crippen LogP contribution < -0.4 is 0 Å². The standard InChI is InChI=1S/C14H15BrO/c15-11-13(10-14-7-4-8-16-14)9-12-5-2-1-3-6-12/h1-8,13H,9-11H2. The molecule has 1 aromatic heterocycles. The summed E-state index contributed by atoms with van der Waals surface area (Å²) in [5, 5.41) is 1.00. The molecule has 0 radical (unpaired) electrons. The predicted octanol–water partition coefficient (Wildman–Crippen LogP) is 4.08. The highest BCUT2D eigenvalue weighted by Crippen LogP contribution is 2.17. The number of furan rings is 1. The first-order chi connectivity index (χ1) is 7.88. The Hall–Kier alpha value is -1.02. The van der Waals surface area contributed by atoms with Crippen molar-refractivity contribution < 1.29 is 4.42 Å². The van der Waals surface area contributed by atoms with Crippen molar-refractivity contribution in [2.75, 3.05) is 5.33 Å². The number of hydrogen-bond acceptors (Lipinski definition) is 1. The molecule has 0 N–H and O–H groups in total. The maximum Gasteiger partial charge on any atom is 0.104 e. The van der Waals surface area contributed by atoms with E-state index in [1.807, 2.05) is 12.1 Å². The van der Waals surface area contributed by atoms with Gasteiger partial charge in [0, 0.05) is 11.8 Å². The van der Waals surface area contributed by atoms with E-state index in [1.54, 1.807) is 6.26 Å². The second-order valence-corrected chi connectivity index (χ2v) is 4.64. The molecule has 0 saturated heterocycles. The molecule has 0 amide bonds. The summed E-state index contributed by atoms with van der Waals surface area (Å²) in [6.45, 7) is 0. The van der Waals surface area contributed by atoms with Gasteiger partial charge in [-0.15, -0.1) is 0 Å². The quantitative estimate of drug-likeness (QED) is 0.752. The number of halogens is 1. The molecule has 0 aliphatic heterocycles. The van der Waals surface area contributed by atoms with Crippen LogP contribution in [0.3, 0.4) is 0 Å². The van der Waals surface area contributed by atoms with Crippen LogP contribution in [0, 0.1) is 5.92 Å². The van der Waals surface area contributed by atoms with Gasteiger partial charge in [0.25, 0.3) is 0 Å². The molecule has 0 aliphatic carbocycles. The summed E-state index contributed by atoms with van der Waals surface area (Å²) in [6.07, 6.45) is 3.82. The van der Waals surface area contributed by atoms with Gasteiger partial charge in [-0.05, 0) is 30.0 Å². The van der Waals surface area contributed by atoms with E-state index in [4.69, 9.17) is 4.42 Å². The van der Waals surface area contributed by atoms with E-state index >= 15 is 0 Å². The molecule has 0 fully saturated rings. The third-order valence-corrected chi connectivity index (χ3v) is 3.57. The summed E-state index contributed by atoms with van der Waals surface area (Å²) in [5.41, 5.74) is 1.39. The van der Waals surface area contributed by atoms with E-state index in [-0.39, 0.29) is 0 Å². The second-order valence-electron chi connectivity index (χ2n) is 3.99. The normalized spacial score (nSPS) is 12.6. The Kier molecular flexibility index (Phi) is 4.23. The van der Waals surface area contributed by atoms with E-state index in [2.05, 4.69) is 46.3 Å². The topological polar surface area (TPSA) is 13.1 Å². The fourth-order valence-electron chi connectivity index (χ4n) is 1.84. The van der Waals surface area contributed by atoms with Crippen LogP contribution >= 0.6 is 15.9 Å². The molecule has 1 nitrogen and oxygen atoms in total. The van der Waals surface area contributed by atoms with Gasteiger partial charge in [-0.25, -0.2) is 0 Å². The fourth-order valence-corrected chi connectivity index (χ4v) is 2.30. The van der Waals surface area contributed by atoms with Crippen LogP contribution in [-0.4, -0.2) is 5.33 Å². The summed E-state index contributed by atoms with van der Waals surface area (Å²) < 4.78 is 5.38. The SMILES string of the molecule is BrCC(Cc1ccccc1)Cc1ccco1. The Morgan fingerprint density at radius 2 is 1.81 bits per heavy atom. The Bertz CT molecular complexity index is 394. The van der Waals surface area contributed by atoms with Crippen molar-refractivity contribution >= 4 is 15.9 Å². The molecule has 2 rings (SSSR count). The Labute approximate surface area is 105 Å². The zero-order valence-electron chi connectivity index (χ0n) is 9.10. The Balaban J connectivity index is 1.96. The summed E-state index contributed by atoms with van der Waals surface area (Å²) in [7, 11) is 0. The van der Waals surface area contributed by atoms with Crippen molar-refractivity contribution in [1.82, 2.24) is 0 Å².